The molecule has 3 aromatic carbocycles. The van der Waals surface area contributed by atoms with Gasteiger partial charge in [0, 0.05) is 55.3 Å². The van der Waals surface area contributed by atoms with Crippen LogP contribution in [0.4, 0.5) is 0 Å². The molecule has 3 atom stereocenters. The van der Waals surface area contributed by atoms with E-state index in [9.17, 15) is 9.59 Å². The minimum atomic E-state index is -0.0311. The number of Topliss-reactive ketones (excluding diaryl/α,β-unsaturated/α-hetero) is 1. The van der Waals surface area contributed by atoms with Crippen LogP contribution in [0.25, 0.3) is 10.9 Å². The van der Waals surface area contributed by atoms with Crippen molar-refractivity contribution in [1.82, 2.24) is 14.8 Å². The van der Waals surface area contributed by atoms with Crippen molar-refractivity contribution in [2.75, 3.05) is 6.54 Å². The van der Waals surface area contributed by atoms with E-state index >= 15 is 0 Å². The van der Waals surface area contributed by atoms with Gasteiger partial charge in [0.2, 0.25) is 0 Å². The molecular formula is C36H39Cl2N3O2. The third-order valence-electron chi connectivity index (χ3n) is 9.42. The zero-order valence-electron chi connectivity index (χ0n) is 24.7. The second kappa shape index (κ2) is 13.3. The Bertz CT molecular complexity index is 1600. The maximum Gasteiger partial charge on any atom is 0.253 e. The SMILES string of the molecule is CCc1cccc2c(C(=O)NCc3ccccc3)cn(CCCN3[C@@H]4CC[C@H]3CC(CC(=O)c3ccc(Cl)c(Cl)c3)C4)c12. The number of carbonyl (C=O) groups excluding carboxylic acids is 2. The van der Waals surface area contributed by atoms with Crippen LogP contribution in [0.3, 0.4) is 0 Å². The number of benzene rings is 3. The number of rotatable bonds is 11. The molecule has 0 radical (unpaired) electrons. The number of aryl methyl sites for hydroxylation is 2. The minimum absolute atomic E-state index is 0.0311. The Morgan fingerprint density at radius 3 is 2.40 bits per heavy atom. The number of fused-ring (bicyclic) bond motifs is 3. The first kappa shape index (κ1) is 29.9. The van der Waals surface area contributed by atoms with Crippen molar-refractivity contribution in [2.24, 2.45) is 5.92 Å². The Balaban J connectivity index is 1.09. The summed E-state index contributed by atoms with van der Waals surface area (Å²) in [6, 6.07) is 22.6. The van der Waals surface area contributed by atoms with Crippen LogP contribution in [0.2, 0.25) is 10.0 Å². The largest absolute Gasteiger partial charge is 0.348 e. The fourth-order valence-corrected chi connectivity index (χ4v) is 7.64. The highest BCUT2D eigenvalue weighted by atomic mass is 35.5. The Morgan fingerprint density at radius 1 is 0.907 bits per heavy atom. The molecule has 0 spiro atoms. The topological polar surface area (TPSA) is 54.3 Å². The van der Waals surface area contributed by atoms with Gasteiger partial charge in [-0.25, -0.2) is 0 Å². The van der Waals surface area contributed by atoms with E-state index in [1.54, 1.807) is 18.2 Å². The van der Waals surface area contributed by atoms with Gasteiger partial charge < -0.3 is 9.88 Å². The summed E-state index contributed by atoms with van der Waals surface area (Å²) in [5.74, 6) is 0.538. The van der Waals surface area contributed by atoms with Crippen molar-refractivity contribution in [2.45, 2.75) is 77.0 Å². The summed E-state index contributed by atoms with van der Waals surface area (Å²) in [6.07, 6.45) is 9.13. The molecule has 2 saturated heterocycles. The number of para-hydroxylation sites is 1. The van der Waals surface area contributed by atoms with Gasteiger partial charge in [-0.1, -0.05) is 78.7 Å². The van der Waals surface area contributed by atoms with E-state index in [1.807, 2.05) is 30.3 Å². The summed E-state index contributed by atoms with van der Waals surface area (Å²) in [6.45, 7) is 4.59. The number of hydrogen-bond donors (Lipinski definition) is 1. The molecule has 2 aliphatic rings. The van der Waals surface area contributed by atoms with Crippen LogP contribution >= 0.6 is 23.2 Å². The zero-order valence-corrected chi connectivity index (χ0v) is 26.2. The van der Waals surface area contributed by atoms with E-state index in [0.717, 1.165) is 55.3 Å². The molecule has 224 valence electrons. The maximum absolute atomic E-state index is 13.3. The zero-order chi connectivity index (χ0) is 29.9. The highest BCUT2D eigenvalue weighted by molar-refractivity contribution is 6.42. The van der Waals surface area contributed by atoms with Crippen LogP contribution in [-0.4, -0.2) is 39.8 Å². The lowest BCUT2D eigenvalue weighted by Crippen LogP contribution is -2.43. The van der Waals surface area contributed by atoms with E-state index < -0.39 is 0 Å². The van der Waals surface area contributed by atoms with Gasteiger partial charge in [-0.15, -0.1) is 0 Å². The lowest BCUT2D eigenvalue weighted by atomic mass is 9.85. The molecule has 5 nitrogen and oxygen atoms in total. The Labute approximate surface area is 264 Å². The molecule has 7 heteroatoms. The summed E-state index contributed by atoms with van der Waals surface area (Å²) < 4.78 is 2.30. The standard InChI is InChI=1S/C36H39Cl2N3O2/c1-2-26-10-6-11-30-31(36(43)39-22-24-8-4-3-5-9-24)23-40(35(26)30)16-7-17-41-28-13-14-29(41)19-25(18-28)20-34(42)27-12-15-32(37)33(38)21-27/h3-6,8-12,15,21,23,25,28-29H,2,7,13-14,16-20,22H2,1H3,(H,39,43)/t25?,28-,29+. The van der Waals surface area contributed by atoms with Crippen molar-refractivity contribution in [3.8, 4) is 0 Å². The average Bonchev–Trinajstić information content (AvgIpc) is 3.51. The smallest absolute Gasteiger partial charge is 0.253 e. The number of aromatic nitrogens is 1. The van der Waals surface area contributed by atoms with E-state index in [-0.39, 0.29) is 11.7 Å². The van der Waals surface area contributed by atoms with Gasteiger partial charge >= 0.3 is 0 Å². The summed E-state index contributed by atoms with van der Waals surface area (Å²) >= 11 is 12.2. The lowest BCUT2D eigenvalue weighted by Gasteiger charge is -2.39. The quantitative estimate of drug-likeness (QED) is 0.172. The van der Waals surface area contributed by atoms with E-state index in [0.29, 0.717) is 46.6 Å². The molecule has 1 aromatic heterocycles. The van der Waals surface area contributed by atoms with Crippen LogP contribution < -0.4 is 5.32 Å². The third-order valence-corrected chi connectivity index (χ3v) is 10.2. The average molecular weight is 617 g/mol. The molecule has 2 fully saturated rings. The van der Waals surface area contributed by atoms with Gasteiger partial charge in [0.25, 0.3) is 5.91 Å². The van der Waals surface area contributed by atoms with Gasteiger partial charge in [-0.2, -0.15) is 0 Å². The van der Waals surface area contributed by atoms with Crippen LogP contribution in [-0.2, 0) is 19.5 Å². The molecule has 4 aromatic rings. The third kappa shape index (κ3) is 6.55. The molecule has 2 aliphatic heterocycles. The van der Waals surface area contributed by atoms with Crippen LogP contribution in [0, 0.1) is 5.92 Å². The number of halogens is 2. The predicted octanol–water partition coefficient (Wildman–Crippen LogP) is 8.35. The fraction of sp³-hybridized carbons (Fsp3) is 0.389. The van der Waals surface area contributed by atoms with Gasteiger partial charge in [-0.3, -0.25) is 14.5 Å². The number of piperidine rings is 1. The molecule has 43 heavy (non-hydrogen) atoms. The first-order valence-corrected chi connectivity index (χ1v) is 16.3. The van der Waals surface area contributed by atoms with Gasteiger partial charge in [0.15, 0.2) is 5.78 Å². The van der Waals surface area contributed by atoms with Gasteiger partial charge in [0.05, 0.1) is 21.1 Å². The van der Waals surface area contributed by atoms with E-state index in [4.69, 9.17) is 23.2 Å². The molecule has 2 bridgehead atoms. The van der Waals surface area contributed by atoms with Gasteiger partial charge in [-0.05, 0) is 73.8 Å². The van der Waals surface area contributed by atoms with Crippen LogP contribution in [0.15, 0.2) is 72.9 Å². The van der Waals surface area contributed by atoms with Crippen molar-refractivity contribution in [3.05, 3.63) is 105 Å². The normalized spacial score (nSPS) is 20.0. The van der Waals surface area contributed by atoms with Crippen molar-refractivity contribution >= 4 is 45.8 Å². The van der Waals surface area contributed by atoms with Gasteiger partial charge in [0.1, 0.15) is 0 Å². The fourth-order valence-electron chi connectivity index (χ4n) is 7.35. The molecule has 6 rings (SSSR count). The number of hydrogen-bond acceptors (Lipinski definition) is 3. The molecule has 1 N–H and O–H groups in total. The number of amides is 1. The maximum atomic E-state index is 13.3. The molecular weight excluding hydrogens is 577 g/mol. The Kier molecular flexibility index (Phi) is 9.22. The second-order valence-electron chi connectivity index (χ2n) is 12.1. The number of carbonyl (C=O) groups is 2. The number of nitrogens with one attached hydrogen (secondary N) is 1. The van der Waals surface area contributed by atoms with Crippen LogP contribution in [0.1, 0.15) is 77.3 Å². The van der Waals surface area contributed by atoms with Crippen LogP contribution in [0.5, 0.6) is 0 Å². The van der Waals surface area contributed by atoms with Crippen molar-refractivity contribution in [3.63, 3.8) is 0 Å². The first-order chi connectivity index (χ1) is 20.9. The second-order valence-corrected chi connectivity index (χ2v) is 13.0. The summed E-state index contributed by atoms with van der Waals surface area (Å²) in [5, 5.41) is 5.06. The monoisotopic (exact) mass is 615 g/mol. The molecule has 0 saturated carbocycles. The van der Waals surface area contributed by atoms with Crippen molar-refractivity contribution in [1.29, 1.82) is 0 Å². The predicted molar refractivity (Wildman–Crippen MR) is 175 cm³/mol. The molecule has 0 aliphatic carbocycles. The van der Waals surface area contributed by atoms with E-state index in [2.05, 4.69) is 46.1 Å². The molecule has 1 unspecified atom stereocenters. The lowest BCUT2D eigenvalue weighted by molar-refractivity contribution is 0.0807. The van der Waals surface area contributed by atoms with E-state index in [1.165, 1.54) is 23.9 Å². The highest BCUT2D eigenvalue weighted by Crippen LogP contribution is 2.40. The molecule has 1 amide bonds. The Hall–Kier alpha value is -3.12. The molecule has 3 heterocycles. The highest BCUT2D eigenvalue weighted by Gasteiger charge is 2.40. The Morgan fingerprint density at radius 2 is 1.67 bits per heavy atom. The first-order valence-electron chi connectivity index (χ1n) is 15.6. The summed E-state index contributed by atoms with van der Waals surface area (Å²) in [4.78, 5) is 29.0. The van der Waals surface area contributed by atoms with Crippen molar-refractivity contribution < 1.29 is 9.59 Å². The minimum Gasteiger partial charge on any atom is -0.348 e. The number of ketones is 1. The number of nitrogens with zero attached hydrogens (tertiary/aromatic N) is 2. The summed E-state index contributed by atoms with van der Waals surface area (Å²) in [7, 11) is 0. The summed E-state index contributed by atoms with van der Waals surface area (Å²) in [5.41, 5.74) is 4.94.